The van der Waals surface area contributed by atoms with Crippen molar-refractivity contribution in [1.29, 1.82) is 0 Å². The standard InChI is InChI=1S/C35H40N6O8Si/c1-22-32(50(3,4)47)31(14-16-39-21-26(15-17-42)37-38-39)49-35(22)29-19-27(41(45)46)10-13-30(29)40(34(35)44)20-23-6-5-7-25(18-23)36-33(43)24-8-11-28(48-2)12-9-24/h5-13,18-19,21-22,31-32,42,47H,14-17,20H2,1-4H3,(H,36,43)/t22-,31+,32-,35+/m0/s1. The Bertz CT molecular complexity index is 1910. The van der Waals surface area contributed by atoms with Crippen LogP contribution in [0.15, 0.2) is 72.9 Å². The average molecular weight is 701 g/mol. The van der Waals surface area contributed by atoms with Crippen molar-refractivity contribution in [2.45, 2.75) is 63.2 Å². The Balaban J connectivity index is 1.31. The molecule has 1 saturated heterocycles. The number of non-ortho nitro benzene ring substituents is 1. The van der Waals surface area contributed by atoms with Crippen LogP contribution in [-0.2, 0) is 34.6 Å². The summed E-state index contributed by atoms with van der Waals surface area (Å²) in [6.45, 7) is 5.95. The molecule has 14 nitrogen and oxygen atoms in total. The molecule has 1 spiro atoms. The topological polar surface area (TPSA) is 182 Å². The third-order valence-corrected chi connectivity index (χ3v) is 12.2. The van der Waals surface area contributed by atoms with Gasteiger partial charge in [0.15, 0.2) is 13.9 Å². The number of rotatable bonds is 12. The summed E-state index contributed by atoms with van der Waals surface area (Å²) in [4.78, 5) is 52.4. The summed E-state index contributed by atoms with van der Waals surface area (Å²) in [5.74, 6) is -0.568. The van der Waals surface area contributed by atoms with Gasteiger partial charge in [-0.25, -0.2) is 0 Å². The number of nitrogens with zero attached hydrogens (tertiary/aromatic N) is 5. The van der Waals surface area contributed by atoms with Crippen molar-refractivity contribution in [2.75, 3.05) is 23.9 Å². The predicted octanol–water partition coefficient (Wildman–Crippen LogP) is 4.42. The zero-order chi connectivity index (χ0) is 35.8. The molecule has 3 aromatic carbocycles. The summed E-state index contributed by atoms with van der Waals surface area (Å²) >= 11 is 0. The number of aromatic nitrogens is 3. The lowest BCUT2D eigenvalue weighted by Crippen LogP contribution is -2.46. The molecule has 0 saturated carbocycles. The number of nitro groups is 1. The van der Waals surface area contributed by atoms with Gasteiger partial charge in [-0.15, -0.1) is 5.10 Å². The number of amides is 2. The number of hydrogen-bond acceptors (Lipinski definition) is 10. The molecule has 0 bridgehead atoms. The van der Waals surface area contributed by atoms with E-state index in [1.54, 1.807) is 71.4 Å². The second kappa shape index (κ2) is 13.7. The maximum atomic E-state index is 14.8. The van der Waals surface area contributed by atoms with Gasteiger partial charge >= 0.3 is 0 Å². The van der Waals surface area contributed by atoms with E-state index in [1.807, 2.05) is 26.1 Å². The fraction of sp³-hybridized carbons (Fsp3) is 0.371. The van der Waals surface area contributed by atoms with E-state index >= 15 is 0 Å². The maximum absolute atomic E-state index is 14.8. The van der Waals surface area contributed by atoms with Gasteiger partial charge in [-0.2, -0.15) is 0 Å². The SMILES string of the molecule is COc1ccc(C(=O)Nc2cccc(CN3C(=O)[C@]4(O[C@H](CCn5cc(CCO)nn5)[C@@H]([Si](C)(C)O)[C@@H]4C)c4cc([N+](=O)[O-])ccc43)c2)cc1. The zero-order valence-electron chi connectivity index (χ0n) is 28.3. The first kappa shape index (κ1) is 34.9. The molecule has 3 heterocycles. The minimum Gasteiger partial charge on any atom is -0.497 e. The quantitative estimate of drug-likeness (QED) is 0.109. The largest absolute Gasteiger partial charge is 0.497 e. The molecule has 4 atom stereocenters. The molecule has 2 aliphatic rings. The number of benzene rings is 3. The molecule has 15 heteroatoms. The van der Waals surface area contributed by atoms with Gasteiger partial charge in [0.1, 0.15) is 5.75 Å². The van der Waals surface area contributed by atoms with Crippen molar-refractivity contribution in [3.05, 3.63) is 105 Å². The number of aliphatic hydroxyl groups excluding tert-OH is 1. The highest BCUT2D eigenvalue weighted by molar-refractivity contribution is 6.71. The average Bonchev–Trinajstić information content (AvgIpc) is 3.73. The fourth-order valence-electron chi connectivity index (χ4n) is 7.42. The van der Waals surface area contributed by atoms with Gasteiger partial charge in [0, 0.05) is 66.2 Å². The van der Waals surface area contributed by atoms with Crippen molar-refractivity contribution in [3.63, 3.8) is 0 Å². The summed E-state index contributed by atoms with van der Waals surface area (Å²) < 4.78 is 13.6. The lowest BCUT2D eigenvalue weighted by molar-refractivity contribution is -0.385. The molecule has 0 aliphatic carbocycles. The third-order valence-electron chi connectivity index (χ3n) is 9.65. The maximum Gasteiger partial charge on any atom is 0.269 e. The molecule has 2 amide bonds. The van der Waals surface area contributed by atoms with Crippen molar-refractivity contribution >= 4 is 37.2 Å². The van der Waals surface area contributed by atoms with Crippen LogP contribution in [0.3, 0.4) is 0 Å². The van der Waals surface area contributed by atoms with E-state index < -0.39 is 36.4 Å². The number of hydrogen-bond donors (Lipinski definition) is 3. The Kier molecular flexibility index (Phi) is 9.59. The molecule has 262 valence electrons. The van der Waals surface area contributed by atoms with Crippen molar-refractivity contribution in [3.8, 4) is 5.75 Å². The molecule has 1 fully saturated rings. The Morgan fingerprint density at radius 2 is 1.92 bits per heavy atom. The van der Waals surface area contributed by atoms with Gasteiger partial charge in [-0.3, -0.25) is 24.4 Å². The predicted molar refractivity (Wildman–Crippen MR) is 186 cm³/mol. The van der Waals surface area contributed by atoms with Gasteiger partial charge in [0.25, 0.3) is 17.5 Å². The first-order chi connectivity index (χ1) is 23.8. The molecule has 6 rings (SSSR count). The van der Waals surface area contributed by atoms with E-state index in [0.717, 1.165) is 0 Å². The van der Waals surface area contributed by atoms with Gasteiger partial charge in [0.05, 0.1) is 36.1 Å². The lowest BCUT2D eigenvalue weighted by Gasteiger charge is -2.32. The number of nitrogens with one attached hydrogen (secondary N) is 1. The van der Waals surface area contributed by atoms with E-state index in [4.69, 9.17) is 9.47 Å². The van der Waals surface area contributed by atoms with Crippen molar-refractivity contribution in [1.82, 2.24) is 15.0 Å². The summed E-state index contributed by atoms with van der Waals surface area (Å²) in [6.07, 6.45) is 1.96. The molecule has 50 heavy (non-hydrogen) atoms. The molecule has 1 aromatic heterocycles. The lowest BCUT2D eigenvalue weighted by atomic mass is 9.82. The Hall–Kier alpha value is -4.96. The smallest absolute Gasteiger partial charge is 0.269 e. The first-order valence-electron chi connectivity index (χ1n) is 16.4. The number of fused-ring (bicyclic) bond motifs is 2. The second-order valence-electron chi connectivity index (χ2n) is 13.3. The van der Waals surface area contributed by atoms with Crippen LogP contribution in [0.4, 0.5) is 17.1 Å². The van der Waals surface area contributed by atoms with Crippen LogP contribution in [0.25, 0.3) is 0 Å². The van der Waals surface area contributed by atoms with Crippen LogP contribution in [0.2, 0.25) is 18.6 Å². The number of anilines is 2. The minimum atomic E-state index is -2.98. The number of nitro benzene ring substituents is 1. The Morgan fingerprint density at radius 1 is 1.16 bits per heavy atom. The van der Waals surface area contributed by atoms with E-state index in [9.17, 15) is 29.6 Å². The van der Waals surface area contributed by atoms with E-state index in [1.165, 1.54) is 12.1 Å². The van der Waals surface area contributed by atoms with Gasteiger partial charge in [-0.05, 0) is 67.5 Å². The summed E-state index contributed by atoms with van der Waals surface area (Å²) in [6, 6.07) is 18.2. The highest BCUT2D eigenvalue weighted by atomic mass is 28.4. The van der Waals surface area contributed by atoms with Crippen LogP contribution in [0, 0.1) is 16.0 Å². The van der Waals surface area contributed by atoms with Crippen LogP contribution in [0.5, 0.6) is 5.75 Å². The number of ether oxygens (including phenoxy) is 2. The Labute approximate surface area is 289 Å². The molecule has 0 unspecified atom stereocenters. The van der Waals surface area contributed by atoms with E-state index in [0.29, 0.717) is 58.9 Å². The first-order valence-corrected chi connectivity index (χ1v) is 19.4. The fourth-order valence-corrected chi connectivity index (χ4v) is 10.0. The molecular weight excluding hydrogens is 661 g/mol. The zero-order valence-corrected chi connectivity index (χ0v) is 29.3. The summed E-state index contributed by atoms with van der Waals surface area (Å²) in [7, 11) is -1.43. The number of aliphatic hydroxyl groups is 1. The number of aryl methyl sites for hydroxylation is 1. The molecule has 2 aliphatic heterocycles. The van der Waals surface area contributed by atoms with Gasteiger partial charge < -0.3 is 29.6 Å². The molecule has 4 aromatic rings. The number of carbonyl (C=O) groups excluding carboxylic acids is 2. The van der Waals surface area contributed by atoms with Gasteiger partial charge in [0.2, 0.25) is 0 Å². The Morgan fingerprint density at radius 3 is 2.60 bits per heavy atom. The van der Waals surface area contributed by atoms with E-state index in [2.05, 4.69) is 15.6 Å². The number of carbonyl (C=O) groups is 2. The van der Waals surface area contributed by atoms with Crippen LogP contribution >= 0.6 is 0 Å². The highest BCUT2D eigenvalue weighted by Crippen LogP contribution is 2.60. The molecular formula is C35H40N6O8Si. The van der Waals surface area contributed by atoms with Crippen LogP contribution < -0.4 is 15.0 Å². The third kappa shape index (κ3) is 6.52. The summed E-state index contributed by atoms with van der Waals surface area (Å²) in [5, 5.41) is 32.4. The van der Waals surface area contributed by atoms with Crippen molar-refractivity contribution in [2.24, 2.45) is 5.92 Å². The molecule has 3 N–H and O–H groups in total. The monoisotopic (exact) mass is 700 g/mol. The van der Waals surface area contributed by atoms with Crippen LogP contribution in [-0.4, -0.2) is 69.8 Å². The van der Waals surface area contributed by atoms with Gasteiger partial charge in [-0.1, -0.05) is 24.3 Å². The second-order valence-corrected chi connectivity index (χ2v) is 17.3. The normalized spacial score (nSPS) is 21.4. The van der Waals surface area contributed by atoms with E-state index in [-0.39, 0.29) is 30.7 Å². The van der Waals surface area contributed by atoms with Crippen molar-refractivity contribution < 1.29 is 33.9 Å². The number of methoxy groups -OCH3 is 1. The minimum absolute atomic E-state index is 0.0520. The van der Waals surface area contributed by atoms with Crippen LogP contribution in [0.1, 0.15) is 40.5 Å². The molecule has 0 radical (unpaired) electrons. The summed E-state index contributed by atoms with van der Waals surface area (Å²) in [5.41, 5.74) is 1.08. The highest BCUT2D eigenvalue weighted by Gasteiger charge is 2.66.